The van der Waals surface area contributed by atoms with Crippen molar-refractivity contribution < 1.29 is 23.8 Å². The molecule has 7 rings (SSSR count). The topological polar surface area (TPSA) is 90.9 Å². The van der Waals surface area contributed by atoms with Crippen LogP contribution in [0.1, 0.15) is 30.9 Å². The van der Waals surface area contributed by atoms with Gasteiger partial charge < -0.3 is 10.00 Å². The average Bonchev–Trinajstić information content (AvgIpc) is 3.10. The van der Waals surface area contributed by atoms with E-state index in [-0.39, 0.29) is 17.1 Å². The number of allylic oxidation sites excluding steroid dienone is 1. The van der Waals surface area contributed by atoms with E-state index in [1.165, 1.54) is 0 Å². The number of benzene rings is 5. The van der Waals surface area contributed by atoms with Crippen LogP contribution in [0.25, 0.3) is 32.7 Å². The largest absolute Gasteiger partial charge is 0.601 e. The fraction of sp³-hybridized carbons (Fsp3) is 0.121. The SMILES string of the molecule is O=C1CCCC(O)=C1[C@@H](N[P+]1([O-])Oc2ccc3ccccc3c2-c2c(ccc3ccccc23)O1)c1ccccc1. The first kappa shape index (κ1) is 24.8. The summed E-state index contributed by atoms with van der Waals surface area (Å²) in [6, 6.07) is 31.7. The van der Waals surface area contributed by atoms with E-state index >= 15 is 0 Å². The molecule has 0 bridgehead atoms. The summed E-state index contributed by atoms with van der Waals surface area (Å²) >= 11 is 0. The molecule has 6 nitrogen and oxygen atoms in total. The van der Waals surface area contributed by atoms with Crippen molar-refractivity contribution in [3.8, 4) is 22.6 Å². The molecular formula is C33H26NO5P. The summed E-state index contributed by atoms with van der Waals surface area (Å²) in [6.07, 6.45) is 1.25. The molecular weight excluding hydrogens is 521 g/mol. The Balaban J connectivity index is 1.44. The zero-order chi connectivity index (χ0) is 27.3. The van der Waals surface area contributed by atoms with Gasteiger partial charge in [0.1, 0.15) is 11.8 Å². The zero-order valence-electron chi connectivity index (χ0n) is 21.5. The van der Waals surface area contributed by atoms with Crippen LogP contribution >= 0.6 is 8.09 Å². The van der Waals surface area contributed by atoms with Gasteiger partial charge in [0.05, 0.1) is 5.57 Å². The van der Waals surface area contributed by atoms with E-state index in [1.807, 2.05) is 103 Å². The summed E-state index contributed by atoms with van der Waals surface area (Å²) in [5.41, 5.74) is 2.44. The second-order valence-corrected chi connectivity index (χ2v) is 11.7. The second-order valence-electron chi connectivity index (χ2n) is 10.1. The molecule has 40 heavy (non-hydrogen) atoms. The van der Waals surface area contributed by atoms with Crippen LogP contribution in [0.3, 0.4) is 0 Å². The maximum atomic E-state index is 14.7. The molecule has 7 heteroatoms. The maximum absolute atomic E-state index is 14.7. The number of fused-ring (bicyclic) bond motifs is 7. The van der Waals surface area contributed by atoms with E-state index in [1.54, 1.807) is 0 Å². The number of carbonyl (C=O) groups excluding carboxylic acids is 1. The van der Waals surface area contributed by atoms with Crippen LogP contribution < -0.4 is 19.0 Å². The minimum Gasteiger partial charge on any atom is -0.601 e. The summed E-state index contributed by atoms with van der Waals surface area (Å²) in [5.74, 6) is 0.621. The Morgan fingerprint density at radius 1 is 0.725 bits per heavy atom. The number of carbonyl (C=O) groups is 1. The number of nitrogens with one attached hydrogen (secondary N) is 1. The number of hydrogen-bond donors (Lipinski definition) is 2. The fourth-order valence-electron chi connectivity index (χ4n) is 5.78. The Morgan fingerprint density at radius 2 is 1.27 bits per heavy atom. The highest BCUT2D eigenvalue weighted by atomic mass is 31.2. The molecule has 5 aromatic rings. The van der Waals surface area contributed by atoms with Gasteiger partial charge in [-0.1, -0.05) is 91.0 Å². The normalized spacial score (nSPS) is 17.0. The fourth-order valence-corrected chi connectivity index (χ4v) is 7.34. The lowest BCUT2D eigenvalue weighted by molar-refractivity contribution is -0.207. The van der Waals surface area contributed by atoms with E-state index in [9.17, 15) is 14.8 Å². The first-order chi connectivity index (χ1) is 19.5. The third kappa shape index (κ3) is 4.22. The van der Waals surface area contributed by atoms with Crippen LogP contribution in [-0.2, 0) is 4.79 Å². The average molecular weight is 548 g/mol. The Kier molecular flexibility index (Phi) is 6.05. The van der Waals surface area contributed by atoms with Crippen LogP contribution in [0.15, 0.2) is 114 Å². The first-order valence-electron chi connectivity index (χ1n) is 13.3. The highest BCUT2D eigenvalue weighted by Crippen LogP contribution is 2.60. The van der Waals surface area contributed by atoms with Crippen molar-refractivity contribution in [3.05, 3.63) is 120 Å². The van der Waals surface area contributed by atoms with Gasteiger partial charge in [-0.3, -0.25) is 13.8 Å². The lowest BCUT2D eigenvalue weighted by Crippen LogP contribution is -2.38. The Labute approximate surface area is 232 Å². The summed E-state index contributed by atoms with van der Waals surface area (Å²) in [7, 11) is -4.17. The quantitative estimate of drug-likeness (QED) is 0.229. The smallest absolute Gasteiger partial charge is 0.409 e. The summed E-state index contributed by atoms with van der Waals surface area (Å²) in [4.78, 5) is 27.8. The number of rotatable bonds is 4. The molecule has 2 N–H and O–H groups in total. The van der Waals surface area contributed by atoms with Gasteiger partial charge in [-0.15, -0.1) is 5.09 Å². The van der Waals surface area contributed by atoms with Crippen molar-refractivity contribution in [2.24, 2.45) is 0 Å². The van der Waals surface area contributed by atoms with Gasteiger partial charge >= 0.3 is 8.09 Å². The van der Waals surface area contributed by atoms with Crippen molar-refractivity contribution >= 4 is 35.4 Å². The van der Waals surface area contributed by atoms with Crippen LogP contribution in [0, 0.1) is 0 Å². The molecule has 1 aliphatic carbocycles. The molecule has 0 amide bonds. The molecule has 0 unspecified atom stereocenters. The molecule has 0 saturated carbocycles. The number of aliphatic hydroxyl groups is 1. The monoisotopic (exact) mass is 547 g/mol. The number of hydrogen-bond acceptors (Lipinski definition) is 6. The minimum absolute atomic E-state index is 0.00295. The van der Waals surface area contributed by atoms with Crippen molar-refractivity contribution in [1.82, 2.24) is 5.09 Å². The third-order valence-corrected chi connectivity index (χ3v) is 9.05. The van der Waals surface area contributed by atoms with Gasteiger partial charge in [-0.05, 0) is 45.7 Å². The standard InChI is InChI=1S/C33H26NO5P/c35-26-15-8-16-27(36)32(26)33(23-11-2-1-3-12-23)34-40(37)38-28-19-17-21-9-4-6-13-24(21)30(28)31-25-14-7-5-10-22(25)18-20-29(31)39-40/h1-7,9-14,17-20,33,35H,8,15-16H2,(H,34,37)/t33-/m0/s1. The molecule has 5 aromatic carbocycles. The number of ketones is 1. The van der Waals surface area contributed by atoms with Gasteiger partial charge in [0.2, 0.25) is 0 Å². The lowest BCUT2D eigenvalue weighted by atomic mass is 9.88. The number of aliphatic hydroxyl groups excluding tert-OH is 1. The summed E-state index contributed by atoms with van der Waals surface area (Å²) in [6.45, 7) is 0. The zero-order valence-corrected chi connectivity index (χ0v) is 22.4. The van der Waals surface area contributed by atoms with E-state index in [4.69, 9.17) is 9.05 Å². The van der Waals surface area contributed by atoms with Crippen LogP contribution in [0.4, 0.5) is 0 Å². The predicted molar refractivity (Wildman–Crippen MR) is 156 cm³/mol. The van der Waals surface area contributed by atoms with E-state index in [0.29, 0.717) is 36.3 Å². The highest BCUT2D eigenvalue weighted by Gasteiger charge is 2.45. The first-order valence-corrected chi connectivity index (χ1v) is 14.9. The Morgan fingerprint density at radius 3 is 1.85 bits per heavy atom. The Bertz CT molecular complexity index is 1730. The molecule has 1 heterocycles. The van der Waals surface area contributed by atoms with Crippen molar-refractivity contribution in [2.45, 2.75) is 25.3 Å². The summed E-state index contributed by atoms with van der Waals surface area (Å²) in [5, 5.41) is 17.8. The van der Waals surface area contributed by atoms with Crippen molar-refractivity contribution in [1.29, 1.82) is 0 Å². The molecule has 1 aliphatic heterocycles. The maximum Gasteiger partial charge on any atom is 0.409 e. The highest BCUT2D eigenvalue weighted by molar-refractivity contribution is 7.57. The predicted octanol–water partition coefficient (Wildman–Crippen LogP) is 7.37. The third-order valence-electron chi connectivity index (χ3n) is 7.61. The van der Waals surface area contributed by atoms with Crippen LogP contribution in [-0.4, -0.2) is 10.9 Å². The minimum atomic E-state index is -4.17. The molecule has 1 atom stereocenters. The van der Waals surface area contributed by atoms with E-state index < -0.39 is 14.1 Å². The van der Waals surface area contributed by atoms with Gasteiger partial charge in [0.15, 0.2) is 17.3 Å². The van der Waals surface area contributed by atoms with Crippen LogP contribution in [0.2, 0.25) is 0 Å². The molecule has 0 radical (unpaired) electrons. The van der Waals surface area contributed by atoms with Gasteiger partial charge in [0.25, 0.3) is 0 Å². The molecule has 0 spiro atoms. The molecule has 0 saturated heterocycles. The molecule has 198 valence electrons. The van der Waals surface area contributed by atoms with Gasteiger partial charge in [0, 0.05) is 24.0 Å². The molecule has 0 aromatic heterocycles. The van der Waals surface area contributed by atoms with Crippen molar-refractivity contribution in [3.63, 3.8) is 0 Å². The van der Waals surface area contributed by atoms with Crippen molar-refractivity contribution in [2.75, 3.05) is 0 Å². The second kappa shape index (κ2) is 9.76. The van der Waals surface area contributed by atoms with Gasteiger partial charge in [-0.25, -0.2) is 0 Å². The Hall–Kier alpha value is -4.22. The van der Waals surface area contributed by atoms with E-state index in [0.717, 1.165) is 32.7 Å². The van der Waals surface area contributed by atoms with E-state index in [2.05, 4.69) is 5.09 Å². The summed E-state index contributed by atoms with van der Waals surface area (Å²) < 4.78 is 12.6. The van der Waals surface area contributed by atoms with Gasteiger partial charge in [-0.2, -0.15) is 0 Å². The molecule has 0 fully saturated rings. The van der Waals surface area contributed by atoms with Crippen LogP contribution in [0.5, 0.6) is 11.5 Å². The lowest BCUT2D eigenvalue weighted by Gasteiger charge is -2.32. The molecule has 2 aliphatic rings. The number of Topliss-reactive ketones (excluding diaryl/α,β-unsaturated/α-hetero) is 1.